The van der Waals surface area contributed by atoms with E-state index >= 15 is 0 Å². The van der Waals surface area contributed by atoms with Gasteiger partial charge in [0.2, 0.25) is 5.82 Å². The molecule has 1 aromatic rings. The monoisotopic (exact) mass is 299 g/mol. The number of ether oxygens (including phenoxy) is 1. The van der Waals surface area contributed by atoms with Crippen LogP contribution in [0.1, 0.15) is 32.1 Å². The van der Waals surface area contributed by atoms with Gasteiger partial charge in [-0.25, -0.2) is 0 Å². The SMILES string of the molecule is O=[N+]([O-])c1ccc(OCC2(CS)CCCCC2)cc1F. The molecule has 6 heteroatoms. The lowest BCUT2D eigenvalue weighted by Crippen LogP contribution is -2.33. The summed E-state index contributed by atoms with van der Waals surface area (Å²) in [5.74, 6) is 0.207. The van der Waals surface area contributed by atoms with Crippen molar-refractivity contribution in [1.82, 2.24) is 0 Å². The first kappa shape index (κ1) is 15.1. The number of hydrogen-bond donors (Lipinski definition) is 1. The Hall–Kier alpha value is -1.30. The molecule has 110 valence electrons. The van der Waals surface area contributed by atoms with Gasteiger partial charge >= 0.3 is 5.69 Å². The summed E-state index contributed by atoms with van der Waals surface area (Å²) in [5.41, 5.74) is -0.487. The van der Waals surface area contributed by atoms with Crippen molar-refractivity contribution in [3.8, 4) is 5.75 Å². The lowest BCUT2D eigenvalue weighted by atomic mass is 9.76. The van der Waals surface area contributed by atoms with Crippen molar-refractivity contribution in [3.63, 3.8) is 0 Å². The van der Waals surface area contributed by atoms with Crippen LogP contribution in [-0.4, -0.2) is 17.3 Å². The molecule has 0 heterocycles. The third kappa shape index (κ3) is 3.42. The van der Waals surface area contributed by atoms with Crippen LogP contribution in [0.3, 0.4) is 0 Å². The fourth-order valence-electron chi connectivity index (χ4n) is 2.61. The van der Waals surface area contributed by atoms with Crippen LogP contribution >= 0.6 is 12.6 Å². The van der Waals surface area contributed by atoms with E-state index in [1.807, 2.05) is 0 Å². The van der Waals surface area contributed by atoms with Crippen LogP contribution < -0.4 is 4.74 Å². The standard InChI is InChI=1S/C14H18FNO3S/c15-12-8-11(4-5-13(12)16(17)18)19-9-14(10-20)6-2-1-3-7-14/h4-5,8,20H,1-3,6-7,9-10H2. The Balaban J connectivity index is 2.03. The molecule has 0 N–H and O–H groups in total. The van der Waals surface area contributed by atoms with Crippen molar-refractivity contribution < 1.29 is 14.1 Å². The van der Waals surface area contributed by atoms with E-state index in [1.54, 1.807) is 0 Å². The van der Waals surface area contributed by atoms with E-state index in [0.29, 0.717) is 12.4 Å². The summed E-state index contributed by atoms with van der Waals surface area (Å²) in [5, 5.41) is 10.6. The lowest BCUT2D eigenvalue weighted by Gasteiger charge is -2.35. The molecule has 0 amide bonds. The number of nitro benzene ring substituents is 1. The van der Waals surface area contributed by atoms with Crippen LogP contribution in [0.4, 0.5) is 10.1 Å². The molecule has 1 saturated carbocycles. The van der Waals surface area contributed by atoms with Crippen molar-refractivity contribution in [1.29, 1.82) is 0 Å². The van der Waals surface area contributed by atoms with Crippen LogP contribution in [0.25, 0.3) is 0 Å². The van der Waals surface area contributed by atoms with Gasteiger partial charge in [0, 0.05) is 17.5 Å². The molecule has 0 saturated heterocycles. The Morgan fingerprint density at radius 2 is 2.05 bits per heavy atom. The van der Waals surface area contributed by atoms with Crippen LogP contribution in [0.2, 0.25) is 0 Å². The Morgan fingerprint density at radius 3 is 2.60 bits per heavy atom. The first-order chi connectivity index (χ1) is 9.56. The predicted octanol–water partition coefficient (Wildman–Crippen LogP) is 3.99. The number of benzene rings is 1. The van der Waals surface area contributed by atoms with Gasteiger partial charge in [-0.2, -0.15) is 17.0 Å². The first-order valence-corrected chi connectivity index (χ1v) is 7.37. The molecule has 0 radical (unpaired) electrons. The topological polar surface area (TPSA) is 52.4 Å². The Bertz CT molecular complexity index is 489. The van der Waals surface area contributed by atoms with Gasteiger partial charge < -0.3 is 4.74 Å². The number of halogens is 1. The van der Waals surface area contributed by atoms with Gasteiger partial charge in [0.15, 0.2) is 0 Å². The Labute approximate surface area is 122 Å². The number of nitrogens with zero attached hydrogens (tertiary/aromatic N) is 1. The molecule has 0 atom stereocenters. The van der Waals surface area contributed by atoms with E-state index < -0.39 is 16.4 Å². The van der Waals surface area contributed by atoms with Crippen molar-refractivity contribution in [3.05, 3.63) is 34.1 Å². The maximum atomic E-state index is 13.5. The van der Waals surface area contributed by atoms with E-state index in [9.17, 15) is 14.5 Å². The smallest absolute Gasteiger partial charge is 0.305 e. The molecule has 0 bridgehead atoms. The molecule has 20 heavy (non-hydrogen) atoms. The molecule has 4 nitrogen and oxygen atoms in total. The summed E-state index contributed by atoms with van der Waals surface area (Å²) in [6.45, 7) is 0.480. The van der Waals surface area contributed by atoms with Crippen molar-refractivity contribution >= 4 is 18.3 Å². The first-order valence-electron chi connectivity index (χ1n) is 6.74. The minimum absolute atomic E-state index is 0.0413. The van der Waals surface area contributed by atoms with Gasteiger partial charge in [-0.15, -0.1) is 0 Å². The van der Waals surface area contributed by atoms with Crippen LogP contribution in [0.15, 0.2) is 18.2 Å². The number of hydrogen-bond acceptors (Lipinski definition) is 4. The average molecular weight is 299 g/mol. The summed E-state index contributed by atoms with van der Waals surface area (Å²) in [7, 11) is 0. The second-order valence-corrected chi connectivity index (χ2v) is 5.69. The van der Waals surface area contributed by atoms with Crippen molar-refractivity contribution in [2.45, 2.75) is 32.1 Å². The predicted molar refractivity (Wildman–Crippen MR) is 77.9 cm³/mol. The molecule has 2 rings (SSSR count). The van der Waals surface area contributed by atoms with Gasteiger partial charge in [0.25, 0.3) is 0 Å². The fourth-order valence-corrected chi connectivity index (χ4v) is 3.02. The Morgan fingerprint density at radius 1 is 1.35 bits per heavy atom. The second-order valence-electron chi connectivity index (χ2n) is 5.38. The largest absolute Gasteiger partial charge is 0.493 e. The van der Waals surface area contributed by atoms with Gasteiger partial charge in [-0.05, 0) is 24.7 Å². The fraction of sp³-hybridized carbons (Fsp3) is 0.571. The summed E-state index contributed by atoms with van der Waals surface area (Å²) in [6, 6.07) is 3.66. The average Bonchev–Trinajstić information content (AvgIpc) is 2.46. The molecular weight excluding hydrogens is 281 g/mol. The quantitative estimate of drug-likeness (QED) is 0.508. The minimum atomic E-state index is -0.865. The van der Waals surface area contributed by atoms with Crippen LogP contribution in [-0.2, 0) is 0 Å². The molecule has 1 fully saturated rings. The third-order valence-electron chi connectivity index (χ3n) is 3.91. The molecule has 0 spiro atoms. The zero-order valence-corrected chi connectivity index (χ0v) is 12.1. The zero-order valence-electron chi connectivity index (χ0n) is 11.2. The highest BCUT2D eigenvalue weighted by Gasteiger charge is 2.31. The van der Waals surface area contributed by atoms with E-state index in [0.717, 1.165) is 30.7 Å². The van der Waals surface area contributed by atoms with Gasteiger partial charge in [0.05, 0.1) is 11.5 Å². The van der Waals surface area contributed by atoms with Gasteiger partial charge in [0.1, 0.15) is 5.75 Å². The molecular formula is C14H18FNO3S. The zero-order chi connectivity index (χ0) is 14.6. The lowest BCUT2D eigenvalue weighted by molar-refractivity contribution is -0.387. The van der Waals surface area contributed by atoms with Crippen molar-refractivity contribution in [2.75, 3.05) is 12.4 Å². The van der Waals surface area contributed by atoms with E-state index in [1.165, 1.54) is 25.3 Å². The van der Waals surface area contributed by atoms with E-state index in [4.69, 9.17) is 4.74 Å². The summed E-state index contributed by atoms with van der Waals surface area (Å²) in [4.78, 5) is 9.81. The number of nitro groups is 1. The van der Waals surface area contributed by atoms with Gasteiger partial charge in [-0.3, -0.25) is 10.1 Å². The molecule has 1 aromatic carbocycles. The molecule has 0 aliphatic heterocycles. The van der Waals surface area contributed by atoms with E-state index in [2.05, 4.69) is 12.6 Å². The molecule has 0 unspecified atom stereocenters. The van der Waals surface area contributed by atoms with Crippen LogP contribution in [0, 0.1) is 21.3 Å². The van der Waals surface area contributed by atoms with Gasteiger partial charge in [-0.1, -0.05) is 19.3 Å². The highest BCUT2D eigenvalue weighted by molar-refractivity contribution is 7.80. The third-order valence-corrected chi connectivity index (χ3v) is 4.58. The molecule has 1 aliphatic carbocycles. The summed E-state index contributed by atoms with van der Waals surface area (Å²) >= 11 is 4.42. The minimum Gasteiger partial charge on any atom is -0.493 e. The molecule has 1 aliphatic rings. The van der Waals surface area contributed by atoms with Crippen molar-refractivity contribution in [2.24, 2.45) is 5.41 Å². The summed E-state index contributed by atoms with van der Waals surface area (Å²) < 4.78 is 19.2. The Kier molecular flexibility index (Phi) is 4.86. The molecule has 0 aromatic heterocycles. The maximum Gasteiger partial charge on any atom is 0.305 e. The van der Waals surface area contributed by atoms with Crippen LogP contribution in [0.5, 0.6) is 5.75 Å². The normalized spacial score (nSPS) is 17.7. The maximum absolute atomic E-state index is 13.5. The highest BCUT2D eigenvalue weighted by Crippen LogP contribution is 2.38. The van der Waals surface area contributed by atoms with E-state index in [-0.39, 0.29) is 5.41 Å². The highest BCUT2D eigenvalue weighted by atomic mass is 32.1. The second kappa shape index (κ2) is 6.43. The number of thiol groups is 1. The summed E-state index contributed by atoms with van der Waals surface area (Å²) in [6.07, 6.45) is 5.69. The number of rotatable bonds is 5.